The highest BCUT2D eigenvalue weighted by molar-refractivity contribution is 7.92. The number of methoxy groups -OCH3 is 1. The minimum Gasteiger partial charge on any atom is -0.495 e. The van der Waals surface area contributed by atoms with Crippen molar-refractivity contribution in [2.45, 2.75) is 38.3 Å². The van der Waals surface area contributed by atoms with Crippen LogP contribution in [0.15, 0.2) is 77.7 Å². The Hall–Kier alpha value is -3.85. The van der Waals surface area contributed by atoms with Crippen molar-refractivity contribution in [3.8, 4) is 5.75 Å². The first-order valence-corrected chi connectivity index (χ1v) is 13.3. The monoisotopic (exact) mass is 523 g/mol. The minimum atomic E-state index is -4.17. The molecule has 9 heteroatoms. The van der Waals surface area contributed by atoms with Crippen LogP contribution >= 0.6 is 0 Å². The van der Waals surface area contributed by atoms with Crippen molar-refractivity contribution in [1.82, 2.24) is 10.2 Å². The maximum absolute atomic E-state index is 13.9. The number of carbonyl (C=O) groups is 2. The van der Waals surface area contributed by atoms with Gasteiger partial charge < -0.3 is 15.0 Å². The number of aryl methyl sites for hydroxylation is 2. The number of carbonyl (C=O) groups excluding carboxylic acids is 2. The van der Waals surface area contributed by atoms with Crippen molar-refractivity contribution in [2.75, 3.05) is 25.0 Å². The Morgan fingerprint density at radius 2 is 1.57 bits per heavy atom. The highest BCUT2D eigenvalue weighted by Crippen LogP contribution is 2.33. The molecular formula is C28H33N3O5S. The van der Waals surface area contributed by atoms with E-state index in [1.54, 1.807) is 37.3 Å². The van der Waals surface area contributed by atoms with Crippen LogP contribution in [0.5, 0.6) is 5.75 Å². The summed E-state index contributed by atoms with van der Waals surface area (Å²) in [5, 5.41) is 2.57. The van der Waals surface area contributed by atoms with Crippen molar-refractivity contribution in [3.05, 3.63) is 89.5 Å². The third-order valence-corrected chi connectivity index (χ3v) is 7.87. The maximum Gasteiger partial charge on any atom is 0.264 e. The molecule has 1 unspecified atom stereocenters. The Morgan fingerprint density at radius 1 is 0.946 bits per heavy atom. The lowest BCUT2D eigenvalue weighted by atomic mass is 10.1. The van der Waals surface area contributed by atoms with Crippen LogP contribution in [0.1, 0.15) is 23.6 Å². The largest absolute Gasteiger partial charge is 0.495 e. The van der Waals surface area contributed by atoms with Gasteiger partial charge in [0.15, 0.2) is 0 Å². The third-order valence-electron chi connectivity index (χ3n) is 6.10. The van der Waals surface area contributed by atoms with Gasteiger partial charge in [0.25, 0.3) is 10.0 Å². The summed E-state index contributed by atoms with van der Waals surface area (Å²) in [6, 6.07) is 20.0. The number of benzene rings is 3. The molecule has 1 atom stereocenters. The summed E-state index contributed by atoms with van der Waals surface area (Å²) in [6.45, 7) is 4.92. The van der Waals surface area contributed by atoms with Crippen molar-refractivity contribution >= 4 is 27.5 Å². The fourth-order valence-electron chi connectivity index (χ4n) is 3.92. The second kappa shape index (κ2) is 11.9. The predicted molar refractivity (Wildman–Crippen MR) is 144 cm³/mol. The third kappa shape index (κ3) is 6.48. The molecule has 0 aliphatic heterocycles. The molecule has 0 fully saturated rings. The highest BCUT2D eigenvalue weighted by Gasteiger charge is 2.33. The van der Waals surface area contributed by atoms with E-state index in [9.17, 15) is 18.0 Å². The van der Waals surface area contributed by atoms with Gasteiger partial charge in [-0.25, -0.2) is 8.42 Å². The molecule has 0 aliphatic rings. The molecule has 196 valence electrons. The van der Waals surface area contributed by atoms with Crippen molar-refractivity contribution in [3.63, 3.8) is 0 Å². The number of hydrogen-bond acceptors (Lipinski definition) is 5. The van der Waals surface area contributed by atoms with Crippen LogP contribution < -0.4 is 14.4 Å². The van der Waals surface area contributed by atoms with Crippen molar-refractivity contribution in [2.24, 2.45) is 0 Å². The van der Waals surface area contributed by atoms with Gasteiger partial charge in [-0.15, -0.1) is 0 Å². The number of nitrogens with zero attached hydrogens (tertiary/aromatic N) is 2. The zero-order chi connectivity index (χ0) is 27.2. The molecule has 0 radical (unpaired) electrons. The Morgan fingerprint density at radius 3 is 2.16 bits per heavy atom. The molecule has 1 N–H and O–H groups in total. The van der Waals surface area contributed by atoms with Crippen LogP contribution in [0.4, 0.5) is 5.69 Å². The highest BCUT2D eigenvalue weighted by atomic mass is 32.2. The SMILES string of the molecule is CNC(=O)C(C)N(Cc1ccccc1)C(=O)CN(c1cc(C)ccc1OC)S(=O)(=O)c1ccc(C)cc1. The van der Waals surface area contributed by atoms with E-state index in [1.165, 1.54) is 31.2 Å². The van der Waals surface area contributed by atoms with Gasteiger partial charge in [-0.1, -0.05) is 54.1 Å². The second-order valence-electron chi connectivity index (χ2n) is 8.80. The van der Waals surface area contributed by atoms with Gasteiger partial charge in [0.2, 0.25) is 11.8 Å². The van der Waals surface area contributed by atoms with Crippen LogP contribution in [0.3, 0.4) is 0 Å². The fourth-order valence-corrected chi connectivity index (χ4v) is 5.33. The summed E-state index contributed by atoms with van der Waals surface area (Å²) >= 11 is 0. The molecule has 0 heterocycles. The number of hydrogen-bond donors (Lipinski definition) is 1. The van der Waals surface area contributed by atoms with Gasteiger partial charge >= 0.3 is 0 Å². The van der Waals surface area contributed by atoms with E-state index < -0.39 is 28.5 Å². The Labute approximate surface area is 218 Å². The van der Waals surface area contributed by atoms with E-state index in [1.807, 2.05) is 44.2 Å². The molecule has 0 aliphatic carbocycles. The smallest absolute Gasteiger partial charge is 0.264 e. The Balaban J connectivity index is 2.10. The van der Waals surface area contributed by atoms with E-state index in [0.29, 0.717) is 5.75 Å². The number of nitrogens with one attached hydrogen (secondary N) is 1. The Bertz CT molecular complexity index is 1340. The fraction of sp³-hybridized carbons (Fsp3) is 0.286. The van der Waals surface area contributed by atoms with E-state index in [0.717, 1.165) is 21.0 Å². The predicted octanol–water partition coefficient (Wildman–Crippen LogP) is 3.67. The summed E-state index contributed by atoms with van der Waals surface area (Å²) in [4.78, 5) is 27.8. The van der Waals surface area contributed by atoms with Gasteiger partial charge in [0.1, 0.15) is 18.3 Å². The maximum atomic E-state index is 13.9. The number of amides is 2. The van der Waals surface area contributed by atoms with E-state index in [2.05, 4.69) is 5.32 Å². The number of sulfonamides is 1. The minimum absolute atomic E-state index is 0.0448. The zero-order valence-electron chi connectivity index (χ0n) is 21.8. The summed E-state index contributed by atoms with van der Waals surface area (Å²) in [5.74, 6) is -0.576. The number of likely N-dealkylation sites (N-methyl/N-ethyl adjacent to an activating group) is 1. The number of ether oxygens (including phenoxy) is 1. The van der Waals surface area contributed by atoms with Gasteiger partial charge in [0, 0.05) is 13.6 Å². The van der Waals surface area contributed by atoms with Crippen LogP contribution in [0.2, 0.25) is 0 Å². The van der Waals surface area contributed by atoms with Gasteiger partial charge in [-0.05, 0) is 56.2 Å². The van der Waals surface area contributed by atoms with Crippen LogP contribution in [0.25, 0.3) is 0 Å². The lowest BCUT2D eigenvalue weighted by Crippen LogP contribution is -2.50. The van der Waals surface area contributed by atoms with Crippen LogP contribution in [-0.4, -0.2) is 51.9 Å². The molecule has 0 bridgehead atoms. The first-order valence-electron chi connectivity index (χ1n) is 11.9. The average molecular weight is 524 g/mol. The van der Waals surface area contributed by atoms with Gasteiger partial charge in [0.05, 0.1) is 17.7 Å². The molecule has 0 saturated carbocycles. The Kier molecular flexibility index (Phi) is 8.94. The first-order chi connectivity index (χ1) is 17.6. The molecule has 0 saturated heterocycles. The second-order valence-corrected chi connectivity index (χ2v) is 10.7. The summed E-state index contributed by atoms with van der Waals surface area (Å²) in [5.41, 5.74) is 2.76. The quantitative estimate of drug-likeness (QED) is 0.438. The first kappa shape index (κ1) is 27.7. The van der Waals surface area contributed by atoms with E-state index in [4.69, 9.17) is 4.74 Å². The van der Waals surface area contributed by atoms with Crippen molar-refractivity contribution < 1.29 is 22.7 Å². The molecule has 2 amide bonds. The van der Waals surface area contributed by atoms with E-state index in [-0.39, 0.29) is 23.0 Å². The zero-order valence-corrected chi connectivity index (χ0v) is 22.6. The number of anilines is 1. The molecule has 3 aromatic carbocycles. The average Bonchev–Trinajstić information content (AvgIpc) is 2.90. The van der Waals surface area contributed by atoms with Crippen molar-refractivity contribution in [1.29, 1.82) is 0 Å². The standard InChI is InChI=1S/C28H33N3O5S/c1-20-11-14-24(15-12-20)37(34,35)31(25-17-21(2)13-16-26(25)36-5)19-27(32)30(22(3)28(33)29-4)18-23-9-7-6-8-10-23/h6-17,22H,18-19H2,1-5H3,(H,29,33). The molecule has 0 aromatic heterocycles. The van der Waals surface area contributed by atoms with Gasteiger partial charge in [-0.2, -0.15) is 0 Å². The number of rotatable bonds is 10. The molecule has 3 aromatic rings. The topological polar surface area (TPSA) is 96.0 Å². The lowest BCUT2D eigenvalue weighted by molar-refractivity contribution is -0.139. The van der Waals surface area contributed by atoms with Crippen LogP contribution in [0, 0.1) is 13.8 Å². The van der Waals surface area contributed by atoms with Crippen LogP contribution in [-0.2, 0) is 26.2 Å². The molecular weight excluding hydrogens is 490 g/mol. The summed E-state index contributed by atoms with van der Waals surface area (Å²) in [6.07, 6.45) is 0. The normalized spacial score (nSPS) is 11.9. The lowest BCUT2D eigenvalue weighted by Gasteiger charge is -2.32. The van der Waals surface area contributed by atoms with E-state index >= 15 is 0 Å². The molecule has 3 rings (SSSR count). The molecule has 0 spiro atoms. The summed E-state index contributed by atoms with van der Waals surface area (Å²) < 4.78 is 34.4. The molecule has 8 nitrogen and oxygen atoms in total. The summed E-state index contributed by atoms with van der Waals surface area (Å²) in [7, 11) is -1.23. The van der Waals surface area contributed by atoms with Gasteiger partial charge in [-0.3, -0.25) is 13.9 Å². The molecule has 37 heavy (non-hydrogen) atoms.